The van der Waals surface area contributed by atoms with Crippen molar-refractivity contribution in [3.8, 4) is 0 Å². The lowest BCUT2D eigenvalue weighted by Crippen LogP contribution is -2.58. The van der Waals surface area contributed by atoms with E-state index in [1.807, 2.05) is 13.8 Å². The number of sulfone groups is 1. The summed E-state index contributed by atoms with van der Waals surface area (Å²) in [5, 5.41) is 0. The van der Waals surface area contributed by atoms with Crippen LogP contribution in [-0.4, -0.2) is 62.6 Å². The monoisotopic (exact) mass is 306 g/mol. The normalized spacial score (nSPS) is 21.9. The molecule has 1 rings (SSSR count). The molecule has 0 aromatic rings. The van der Waals surface area contributed by atoms with Crippen LogP contribution in [0.25, 0.3) is 0 Å². The van der Waals surface area contributed by atoms with E-state index in [0.717, 1.165) is 0 Å². The average Bonchev–Trinajstić information content (AvgIpc) is 2.78. The van der Waals surface area contributed by atoms with E-state index in [2.05, 4.69) is 0 Å². The van der Waals surface area contributed by atoms with Crippen molar-refractivity contribution in [2.75, 3.05) is 31.8 Å². The van der Waals surface area contributed by atoms with Crippen molar-refractivity contribution in [2.45, 2.75) is 44.7 Å². The van der Waals surface area contributed by atoms with Gasteiger partial charge >= 0.3 is 0 Å². The lowest BCUT2D eigenvalue weighted by atomic mass is 9.91. The molecule has 1 saturated heterocycles. The van der Waals surface area contributed by atoms with Crippen LogP contribution in [0, 0.1) is 0 Å². The summed E-state index contributed by atoms with van der Waals surface area (Å²) in [6, 6.07) is -0.274. The summed E-state index contributed by atoms with van der Waals surface area (Å²) in [4.78, 5) is 14.3. The Bertz CT molecular complexity index is 432. The van der Waals surface area contributed by atoms with Crippen molar-refractivity contribution in [1.29, 1.82) is 0 Å². The highest BCUT2D eigenvalue weighted by Gasteiger charge is 2.40. The third-order valence-electron chi connectivity index (χ3n) is 4.13. The molecule has 0 saturated carbocycles. The molecule has 1 fully saturated rings. The summed E-state index contributed by atoms with van der Waals surface area (Å²) >= 11 is 0. The Morgan fingerprint density at radius 2 is 2.00 bits per heavy atom. The van der Waals surface area contributed by atoms with Gasteiger partial charge in [-0.3, -0.25) is 4.79 Å². The molecule has 1 aliphatic rings. The molecule has 7 heteroatoms. The molecule has 0 bridgehead atoms. The Morgan fingerprint density at radius 3 is 2.40 bits per heavy atom. The molecule has 118 valence electrons. The van der Waals surface area contributed by atoms with Gasteiger partial charge in [0.15, 0.2) is 9.84 Å². The summed E-state index contributed by atoms with van der Waals surface area (Å²) in [5.74, 6) is 0.0117. The Kier molecular flexibility index (Phi) is 5.97. The van der Waals surface area contributed by atoms with Crippen molar-refractivity contribution in [3.63, 3.8) is 0 Å². The maximum Gasteiger partial charge on any atom is 0.242 e. The van der Waals surface area contributed by atoms with Gasteiger partial charge in [0.25, 0.3) is 0 Å². The first-order valence-corrected chi connectivity index (χ1v) is 8.91. The third-order valence-corrected chi connectivity index (χ3v) is 5.88. The fourth-order valence-corrected chi connectivity index (χ4v) is 4.23. The zero-order valence-electron chi connectivity index (χ0n) is 12.6. The van der Waals surface area contributed by atoms with Gasteiger partial charge in [0.2, 0.25) is 5.91 Å². The van der Waals surface area contributed by atoms with Crippen molar-refractivity contribution >= 4 is 15.7 Å². The second-order valence-electron chi connectivity index (χ2n) is 5.41. The summed E-state index contributed by atoms with van der Waals surface area (Å²) in [5.41, 5.74) is 5.25. The molecule has 20 heavy (non-hydrogen) atoms. The molecule has 1 amide bonds. The predicted octanol–water partition coefficient (Wildman–Crippen LogP) is 0.166. The van der Waals surface area contributed by atoms with Crippen molar-refractivity contribution in [1.82, 2.24) is 4.90 Å². The standard InChI is InChI=1S/C13H26N2O4S/c1-4-13(14,5-2)12(16)15(7-8-19-3)11-6-9-20(17,18)10-11/h11H,4-10,14H2,1-3H3. The quantitative estimate of drug-likeness (QED) is 0.724. The molecule has 6 nitrogen and oxygen atoms in total. The number of hydrogen-bond donors (Lipinski definition) is 1. The average molecular weight is 306 g/mol. The van der Waals surface area contributed by atoms with E-state index in [1.165, 1.54) is 0 Å². The summed E-state index contributed by atoms with van der Waals surface area (Å²) in [7, 11) is -1.47. The van der Waals surface area contributed by atoms with E-state index in [0.29, 0.717) is 32.4 Å². The van der Waals surface area contributed by atoms with Crippen LogP contribution in [-0.2, 0) is 19.4 Å². The highest BCUT2D eigenvalue weighted by Crippen LogP contribution is 2.23. The van der Waals surface area contributed by atoms with Crippen LogP contribution in [0.4, 0.5) is 0 Å². The number of rotatable bonds is 7. The van der Waals surface area contributed by atoms with Gasteiger partial charge in [-0.15, -0.1) is 0 Å². The molecular weight excluding hydrogens is 280 g/mol. The van der Waals surface area contributed by atoms with Crippen molar-refractivity contribution in [3.05, 3.63) is 0 Å². The van der Waals surface area contributed by atoms with Crippen LogP contribution in [0.15, 0.2) is 0 Å². The molecule has 1 atom stereocenters. The van der Waals surface area contributed by atoms with Gasteiger partial charge < -0.3 is 15.4 Å². The molecule has 0 spiro atoms. The van der Waals surface area contributed by atoms with Gasteiger partial charge in [-0.25, -0.2) is 8.42 Å². The minimum Gasteiger partial charge on any atom is -0.383 e. The Morgan fingerprint density at radius 1 is 1.40 bits per heavy atom. The fraction of sp³-hybridized carbons (Fsp3) is 0.923. The lowest BCUT2D eigenvalue weighted by molar-refractivity contribution is -0.140. The maximum absolute atomic E-state index is 12.7. The minimum absolute atomic E-state index is 0.0337. The van der Waals surface area contributed by atoms with Crippen molar-refractivity contribution < 1.29 is 17.9 Å². The van der Waals surface area contributed by atoms with Crippen LogP contribution < -0.4 is 5.73 Å². The SMILES string of the molecule is CCC(N)(CC)C(=O)N(CCOC)C1CCS(=O)(=O)C1. The first-order chi connectivity index (χ1) is 9.29. The molecular formula is C13H26N2O4S. The lowest BCUT2D eigenvalue weighted by Gasteiger charge is -2.36. The summed E-state index contributed by atoms with van der Waals surface area (Å²) < 4.78 is 28.3. The number of ether oxygens (including phenoxy) is 1. The van der Waals surface area contributed by atoms with E-state index in [1.54, 1.807) is 12.0 Å². The number of nitrogens with zero attached hydrogens (tertiary/aromatic N) is 1. The first-order valence-electron chi connectivity index (χ1n) is 7.09. The molecule has 0 aromatic carbocycles. The highest BCUT2D eigenvalue weighted by atomic mass is 32.2. The third kappa shape index (κ3) is 3.93. The Balaban J connectivity index is 2.92. The van der Waals surface area contributed by atoms with E-state index >= 15 is 0 Å². The van der Waals surface area contributed by atoms with Gasteiger partial charge in [-0.1, -0.05) is 13.8 Å². The fourth-order valence-electron chi connectivity index (χ4n) is 2.50. The molecule has 1 aliphatic heterocycles. The van der Waals surface area contributed by atoms with Gasteiger partial charge in [0.1, 0.15) is 0 Å². The van der Waals surface area contributed by atoms with Gasteiger partial charge in [-0.05, 0) is 19.3 Å². The van der Waals surface area contributed by atoms with Crippen LogP contribution in [0.2, 0.25) is 0 Å². The summed E-state index contributed by atoms with van der Waals surface area (Å²) in [6.45, 7) is 4.52. The van der Waals surface area contributed by atoms with E-state index in [9.17, 15) is 13.2 Å². The molecule has 0 radical (unpaired) electrons. The highest BCUT2D eigenvalue weighted by molar-refractivity contribution is 7.91. The first kappa shape index (κ1) is 17.4. The zero-order chi connectivity index (χ0) is 15.4. The van der Waals surface area contributed by atoms with Gasteiger partial charge in [0.05, 0.1) is 23.7 Å². The zero-order valence-corrected chi connectivity index (χ0v) is 13.4. The number of nitrogens with two attached hydrogens (primary N) is 1. The predicted molar refractivity (Wildman–Crippen MR) is 78.1 cm³/mol. The number of hydrogen-bond acceptors (Lipinski definition) is 5. The number of methoxy groups -OCH3 is 1. The van der Waals surface area contributed by atoms with Crippen molar-refractivity contribution in [2.24, 2.45) is 5.73 Å². The molecule has 0 aromatic heterocycles. The van der Waals surface area contributed by atoms with Gasteiger partial charge in [-0.2, -0.15) is 0 Å². The Labute approximate surface area is 121 Å². The number of amides is 1. The van der Waals surface area contributed by atoms with Crippen LogP contribution in [0.1, 0.15) is 33.1 Å². The molecule has 1 unspecified atom stereocenters. The van der Waals surface area contributed by atoms with Crippen LogP contribution in [0.3, 0.4) is 0 Å². The largest absolute Gasteiger partial charge is 0.383 e. The minimum atomic E-state index is -3.03. The molecule has 1 heterocycles. The van der Waals surface area contributed by atoms with Crippen LogP contribution >= 0.6 is 0 Å². The number of carbonyl (C=O) groups is 1. The smallest absolute Gasteiger partial charge is 0.242 e. The van der Waals surface area contributed by atoms with E-state index < -0.39 is 15.4 Å². The molecule has 0 aliphatic carbocycles. The summed E-state index contributed by atoms with van der Waals surface area (Å²) in [6.07, 6.45) is 1.55. The second-order valence-corrected chi connectivity index (χ2v) is 7.64. The second kappa shape index (κ2) is 6.87. The van der Waals surface area contributed by atoms with Gasteiger partial charge in [0, 0.05) is 19.7 Å². The van der Waals surface area contributed by atoms with Crippen LogP contribution in [0.5, 0.6) is 0 Å². The number of carbonyl (C=O) groups excluding carboxylic acids is 1. The van der Waals surface area contributed by atoms with E-state index in [4.69, 9.17) is 10.5 Å². The topological polar surface area (TPSA) is 89.7 Å². The molecule has 2 N–H and O–H groups in total. The Hall–Kier alpha value is -0.660. The maximum atomic E-state index is 12.7. The van der Waals surface area contributed by atoms with E-state index in [-0.39, 0.29) is 23.5 Å².